The molecule has 0 spiro atoms. The lowest BCUT2D eigenvalue weighted by Crippen LogP contribution is -2.12. The third kappa shape index (κ3) is 4.25. The van der Waals surface area contributed by atoms with Gasteiger partial charge in [-0.25, -0.2) is 18.4 Å². The Bertz CT molecular complexity index is 1320. The van der Waals surface area contributed by atoms with Gasteiger partial charge in [0.2, 0.25) is 0 Å². The van der Waals surface area contributed by atoms with Gasteiger partial charge in [0, 0.05) is 35.8 Å². The SMILES string of the molecule is COc1cccc2c1cc(C)n2CCNc1cc(-c2ccc([SH](=O)=O)c(C)c2)ncn1. The van der Waals surface area contributed by atoms with Gasteiger partial charge in [-0.05, 0) is 49.7 Å². The number of fused-ring (bicyclic) bond motifs is 1. The molecule has 160 valence electrons. The standard InChI is InChI=1S/C23H24N4O3S/c1-15-11-17(7-8-22(15)31(28)29)19-13-23(26-14-25-19)24-9-10-27-16(2)12-18-20(27)5-4-6-21(18)30-3/h4-8,11-14,31H,9-10H2,1-3H3,(H,24,25,26). The number of nitrogens with zero attached hydrogens (tertiary/aromatic N) is 3. The Labute approximate surface area is 182 Å². The first-order valence-electron chi connectivity index (χ1n) is 9.92. The summed E-state index contributed by atoms with van der Waals surface area (Å²) >= 11 is 0. The van der Waals surface area contributed by atoms with Crippen molar-refractivity contribution < 1.29 is 13.2 Å². The van der Waals surface area contributed by atoms with E-state index in [0.717, 1.165) is 40.1 Å². The normalized spacial score (nSPS) is 11.2. The fourth-order valence-electron chi connectivity index (χ4n) is 3.79. The Hall–Kier alpha value is -3.39. The van der Waals surface area contributed by atoms with Gasteiger partial charge in [-0.1, -0.05) is 12.1 Å². The van der Waals surface area contributed by atoms with Crippen LogP contribution in [0.5, 0.6) is 5.75 Å². The number of hydrogen-bond donors (Lipinski definition) is 2. The smallest absolute Gasteiger partial charge is 0.168 e. The maximum absolute atomic E-state index is 11.3. The average Bonchev–Trinajstić information content (AvgIpc) is 3.09. The van der Waals surface area contributed by atoms with Crippen LogP contribution in [0.4, 0.5) is 5.82 Å². The molecule has 7 nitrogen and oxygen atoms in total. The molecule has 8 heteroatoms. The number of methoxy groups -OCH3 is 1. The summed E-state index contributed by atoms with van der Waals surface area (Å²) in [6.07, 6.45) is 1.51. The number of aryl methyl sites for hydroxylation is 2. The quantitative estimate of drug-likeness (QED) is 0.429. The lowest BCUT2D eigenvalue weighted by Gasteiger charge is -2.11. The van der Waals surface area contributed by atoms with Gasteiger partial charge in [0.05, 0.1) is 23.2 Å². The molecule has 0 bridgehead atoms. The minimum atomic E-state index is -2.60. The van der Waals surface area contributed by atoms with E-state index in [2.05, 4.69) is 38.9 Å². The van der Waals surface area contributed by atoms with Crippen molar-refractivity contribution in [2.45, 2.75) is 25.3 Å². The molecule has 0 aliphatic carbocycles. The maximum Gasteiger partial charge on any atom is 0.168 e. The molecule has 0 aliphatic rings. The van der Waals surface area contributed by atoms with E-state index in [-0.39, 0.29) is 0 Å². The largest absolute Gasteiger partial charge is 0.496 e. The second kappa shape index (κ2) is 8.77. The first kappa shape index (κ1) is 20.9. The van der Waals surface area contributed by atoms with Crippen molar-refractivity contribution in [2.75, 3.05) is 19.0 Å². The molecule has 2 heterocycles. The lowest BCUT2D eigenvalue weighted by atomic mass is 10.1. The Kier molecular flexibility index (Phi) is 5.90. The summed E-state index contributed by atoms with van der Waals surface area (Å²) in [6.45, 7) is 5.33. The molecular weight excluding hydrogens is 412 g/mol. The Morgan fingerprint density at radius 1 is 1.06 bits per heavy atom. The Morgan fingerprint density at radius 2 is 1.90 bits per heavy atom. The van der Waals surface area contributed by atoms with E-state index in [1.54, 1.807) is 26.2 Å². The summed E-state index contributed by atoms with van der Waals surface area (Å²) < 4.78 is 30.3. The fourth-order valence-corrected chi connectivity index (χ4v) is 4.34. The van der Waals surface area contributed by atoms with E-state index in [0.29, 0.717) is 22.8 Å². The average molecular weight is 437 g/mol. The summed E-state index contributed by atoms with van der Waals surface area (Å²) in [6, 6.07) is 15.3. The van der Waals surface area contributed by atoms with Crippen LogP contribution in [0.2, 0.25) is 0 Å². The van der Waals surface area contributed by atoms with Crippen LogP contribution in [-0.4, -0.2) is 36.6 Å². The zero-order chi connectivity index (χ0) is 22.0. The van der Waals surface area contributed by atoms with Crippen molar-refractivity contribution in [1.29, 1.82) is 0 Å². The Morgan fingerprint density at radius 3 is 2.65 bits per heavy atom. The highest BCUT2D eigenvalue weighted by Gasteiger charge is 2.10. The van der Waals surface area contributed by atoms with Crippen LogP contribution in [0.1, 0.15) is 11.3 Å². The molecule has 1 N–H and O–H groups in total. The highest BCUT2D eigenvalue weighted by atomic mass is 32.2. The van der Waals surface area contributed by atoms with E-state index >= 15 is 0 Å². The summed E-state index contributed by atoms with van der Waals surface area (Å²) in [7, 11) is -0.918. The number of aromatic nitrogens is 3. The van der Waals surface area contributed by atoms with Crippen molar-refractivity contribution in [3.8, 4) is 17.0 Å². The number of anilines is 1. The lowest BCUT2D eigenvalue weighted by molar-refractivity contribution is 0.420. The van der Waals surface area contributed by atoms with Crippen LogP contribution in [0.3, 0.4) is 0 Å². The van der Waals surface area contributed by atoms with E-state index in [1.807, 2.05) is 24.3 Å². The van der Waals surface area contributed by atoms with Gasteiger partial charge in [0.1, 0.15) is 17.9 Å². The molecule has 2 aromatic carbocycles. The van der Waals surface area contributed by atoms with Crippen LogP contribution in [0.25, 0.3) is 22.2 Å². The molecule has 4 rings (SSSR count). The van der Waals surface area contributed by atoms with Crippen LogP contribution >= 0.6 is 0 Å². The molecule has 0 saturated heterocycles. The van der Waals surface area contributed by atoms with Gasteiger partial charge in [0.15, 0.2) is 10.7 Å². The molecule has 0 unspecified atom stereocenters. The highest BCUT2D eigenvalue weighted by molar-refractivity contribution is 7.72. The van der Waals surface area contributed by atoms with E-state index in [9.17, 15) is 8.42 Å². The summed E-state index contributed by atoms with van der Waals surface area (Å²) in [5, 5.41) is 4.46. The molecule has 0 amide bonds. The summed E-state index contributed by atoms with van der Waals surface area (Å²) in [5.41, 5.74) is 4.59. The molecule has 31 heavy (non-hydrogen) atoms. The number of rotatable bonds is 7. The first-order valence-corrected chi connectivity index (χ1v) is 11.1. The Balaban J connectivity index is 1.50. The van der Waals surface area contributed by atoms with Gasteiger partial charge >= 0.3 is 0 Å². The minimum absolute atomic E-state index is 0.331. The van der Waals surface area contributed by atoms with Gasteiger partial charge in [-0.2, -0.15) is 0 Å². The van der Waals surface area contributed by atoms with Gasteiger partial charge in [-0.3, -0.25) is 0 Å². The van der Waals surface area contributed by atoms with Crippen molar-refractivity contribution >= 4 is 27.4 Å². The predicted octanol–water partition coefficient (Wildman–Crippen LogP) is 3.81. The molecule has 0 saturated carbocycles. The molecule has 0 radical (unpaired) electrons. The maximum atomic E-state index is 11.3. The molecular formula is C23H24N4O3S. The molecule has 4 aromatic rings. The predicted molar refractivity (Wildman–Crippen MR) is 123 cm³/mol. The summed E-state index contributed by atoms with van der Waals surface area (Å²) in [5.74, 6) is 1.59. The molecule has 0 aliphatic heterocycles. The molecule has 0 fully saturated rings. The van der Waals surface area contributed by atoms with Crippen molar-refractivity contribution in [3.63, 3.8) is 0 Å². The number of ether oxygens (including phenoxy) is 1. The monoisotopic (exact) mass is 436 g/mol. The van der Waals surface area contributed by atoms with Crippen LogP contribution in [-0.2, 0) is 17.2 Å². The van der Waals surface area contributed by atoms with Gasteiger partial charge in [0.25, 0.3) is 0 Å². The second-order valence-corrected chi connectivity index (χ2v) is 8.30. The topological polar surface area (TPSA) is 86.1 Å². The second-order valence-electron chi connectivity index (χ2n) is 7.30. The zero-order valence-electron chi connectivity index (χ0n) is 17.6. The third-order valence-electron chi connectivity index (χ3n) is 5.33. The van der Waals surface area contributed by atoms with Gasteiger partial charge < -0.3 is 14.6 Å². The number of hydrogen-bond acceptors (Lipinski definition) is 6. The van der Waals surface area contributed by atoms with E-state index < -0.39 is 10.7 Å². The third-order valence-corrected chi connectivity index (χ3v) is 6.23. The number of nitrogens with one attached hydrogen (secondary N) is 1. The number of benzene rings is 2. The van der Waals surface area contributed by atoms with Crippen molar-refractivity contribution in [1.82, 2.24) is 14.5 Å². The first-order chi connectivity index (χ1) is 15.0. The number of thiol groups is 1. The minimum Gasteiger partial charge on any atom is -0.496 e. The zero-order valence-corrected chi connectivity index (χ0v) is 18.5. The van der Waals surface area contributed by atoms with Crippen molar-refractivity contribution in [2.24, 2.45) is 0 Å². The van der Waals surface area contributed by atoms with Gasteiger partial charge in [-0.15, -0.1) is 0 Å². The summed E-state index contributed by atoms with van der Waals surface area (Å²) in [4.78, 5) is 8.98. The van der Waals surface area contributed by atoms with E-state index in [1.165, 1.54) is 6.33 Å². The fraction of sp³-hybridized carbons (Fsp3) is 0.217. The van der Waals surface area contributed by atoms with E-state index in [4.69, 9.17) is 4.74 Å². The molecule has 2 aromatic heterocycles. The molecule has 0 atom stereocenters. The van der Waals surface area contributed by atoms with Crippen molar-refractivity contribution in [3.05, 3.63) is 66.1 Å². The van der Waals surface area contributed by atoms with Crippen LogP contribution in [0.15, 0.2) is 59.8 Å². The van der Waals surface area contributed by atoms with Crippen LogP contribution < -0.4 is 10.1 Å². The van der Waals surface area contributed by atoms with Crippen LogP contribution in [0, 0.1) is 13.8 Å². The highest BCUT2D eigenvalue weighted by Crippen LogP contribution is 2.28.